The Bertz CT molecular complexity index is 1290. The number of aromatic nitrogens is 1. The summed E-state index contributed by atoms with van der Waals surface area (Å²) in [6, 6.07) is 13.8. The summed E-state index contributed by atoms with van der Waals surface area (Å²) in [5, 5.41) is 0.827. The molecule has 1 aromatic heterocycles. The number of esters is 1. The molecule has 0 aliphatic heterocycles. The van der Waals surface area contributed by atoms with Gasteiger partial charge in [-0.15, -0.1) is 0 Å². The Morgan fingerprint density at radius 2 is 1.65 bits per heavy atom. The fourth-order valence-electron chi connectivity index (χ4n) is 6.28. The van der Waals surface area contributed by atoms with Crippen molar-refractivity contribution in [2.45, 2.75) is 58.8 Å². The number of carbonyl (C=O) groups is 2. The Morgan fingerprint density at radius 3 is 2.21 bits per heavy atom. The van der Waals surface area contributed by atoms with Crippen molar-refractivity contribution in [3.05, 3.63) is 64.8 Å². The van der Waals surface area contributed by atoms with E-state index < -0.39 is 0 Å². The van der Waals surface area contributed by atoms with Crippen LogP contribution in [-0.2, 0) is 21.4 Å². The van der Waals surface area contributed by atoms with Crippen molar-refractivity contribution in [1.29, 1.82) is 0 Å². The van der Waals surface area contributed by atoms with E-state index >= 15 is 0 Å². The van der Waals surface area contributed by atoms with Gasteiger partial charge in [-0.05, 0) is 83.9 Å². The van der Waals surface area contributed by atoms with E-state index in [0.717, 1.165) is 22.2 Å². The normalized spacial score (nSPS) is 23.2. The molecular weight excluding hydrogens is 426 g/mol. The fraction of sp³-hybridized carbons (Fsp3) is 0.448. The zero-order valence-corrected chi connectivity index (χ0v) is 21.0. The van der Waals surface area contributed by atoms with E-state index in [1.54, 1.807) is 11.7 Å². The molecule has 34 heavy (non-hydrogen) atoms. The van der Waals surface area contributed by atoms with Crippen LogP contribution >= 0.6 is 0 Å². The Morgan fingerprint density at radius 1 is 1.00 bits per heavy atom. The summed E-state index contributed by atoms with van der Waals surface area (Å²) in [7, 11) is 2.98. The van der Waals surface area contributed by atoms with Gasteiger partial charge in [-0.25, -0.2) is 0 Å². The smallest absolute Gasteiger partial charge is 0.310 e. The van der Waals surface area contributed by atoms with Crippen LogP contribution in [0, 0.1) is 17.8 Å². The first-order valence-electron chi connectivity index (χ1n) is 11.9. The minimum atomic E-state index is -0.339. The first-order valence-corrected chi connectivity index (χ1v) is 11.9. The molecule has 2 aromatic carbocycles. The first-order chi connectivity index (χ1) is 16.0. The predicted octanol–water partition coefficient (Wildman–Crippen LogP) is 5.83. The van der Waals surface area contributed by atoms with E-state index in [1.165, 1.54) is 31.9 Å². The molecule has 5 nitrogen and oxygen atoms in total. The van der Waals surface area contributed by atoms with Gasteiger partial charge in [-0.3, -0.25) is 14.2 Å². The van der Waals surface area contributed by atoms with Crippen molar-refractivity contribution in [3.63, 3.8) is 0 Å². The number of rotatable bonds is 5. The molecule has 3 saturated carbocycles. The molecule has 0 radical (unpaired) electrons. The molecule has 5 heteroatoms. The van der Waals surface area contributed by atoms with E-state index in [1.807, 2.05) is 37.3 Å². The Hall–Kier alpha value is -3.08. The largest absolute Gasteiger partial charge is 0.497 e. The van der Waals surface area contributed by atoms with Gasteiger partial charge in [0, 0.05) is 16.6 Å². The van der Waals surface area contributed by atoms with Crippen molar-refractivity contribution in [2.75, 3.05) is 14.2 Å². The summed E-state index contributed by atoms with van der Waals surface area (Å²) in [6.07, 6.45) is 3.84. The highest BCUT2D eigenvalue weighted by molar-refractivity contribution is 6.05. The number of carbonyl (C=O) groups excluding carboxylic acids is 2. The van der Waals surface area contributed by atoms with Crippen molar-refractivity contribution in [1.82, 2.24) is 4.57 Å². The molecule has 3 fully saturated rings. The molecule has 0 saturated heterocycles. The number of hydrogen-bond donors (Lipinski definition) is 0. The highest BCUT2D eigenvalue weighted by atomic mass is 16.5. The second-order valence-electron chi connectivity index (χ2n) is 11.3. The van der Waals surface area contributed by atoms with Gasteiger partial charge in [0.15, 0.2) is 0 Å². The third-order valence-electron chi connectivity index (χ3n) is 8.66. The van der Waals surface area contributed by atoms with Gasteiger partial charge in [-0.1, -0.05) is 32.9 Å². The summed E-state index contributed by atoms with van der Waals surface area (Å²) >= 11 is 0. The lowest BCUT2D eigenvalue weighted by atomic mass is 9.28. The summed E-state index contributed by atoms with van der Waals surface area (Å²) in [6.45, 7) is 8.94. The van der Waals surface area contributed by atoms with Gasteiger partial charge in [0.25, 0.3) is 5.91 Å². The predicted molar refractivity (Wildman–Crippen MR) is 133 cm³/mol. The molecule has 178 valence electrons. The number of ether oxygens (including phenoxy) is 2. The van der Waals surface area contributed by atoms with Crippen LogP contribution < -0.4 is 4.74 Å². The molecule has 0 atom stereocenters. The molecule has 0 amide bonds. The lowest BCUT2D eigenvalue weighted by Crippen LogP contribution is -2.69. The van der Waals surface area contributed by atoms with Gasteiger partial charge < -0.3 is 9.47 Å². The third kappa shape index (κ3) is 3.13. The van der Waals surface area contributed by atoms with E-state index in [4.69, 9.17) is 9.47 Å². The van der Waals surface area contributed by atoms with Crippen LogP contribution in [0.4, 0.5) is 0 Å². The monoisotopic (exact) mass is 459 g/mol. The molecule has 6 rings (SSSR count). The maximum Gasteiger partial charge on any atom is 0.310 e. The Kier molecular flexibility index (Phi) is 4.98. The minimum Gasteiger partial charge on any atom is -0.497 e. The highest BCUT2D eigenvalue weighted by Crippen LogP contribution is 2.79. The van der Waals surface area contributed by atoms with Crippen LogP contribution in [0.15, 0.2) is 42.5 Å². The number of fused-ring (bicyclic) bond motifs is 1. The molecular formula is C29H33NO4. The number of benzene rings is 2. The van der Waals surface area contributed by atoms with Gasteiger partial charge in [0.05, 0.1) is 26.2 Å². The van der Waals surface area contributed by atoms with Gasteiger partial charge in [-0.2, -0.15) is 0 Å². The maximum atomic E-state index is 13.7. The molecule has 3 aromatic rings. The van der Waals surface area contributed by atoms with E-state index in [2.05, 4.69) is 32.9 Å². The van der Waals surface area contributed by atoms with E-state index in [9.17, 15) is 9.59 Å². The zero-order valence-electron chi connectivity index (χ0n) is 21.0. The zero-order chi connectivity index (χ0) is 24.5. The average Bonchev–Trinajstić information content (AvgIpc) is 3.01. The summed E-state index contributed by atoms with van der Waals surface area (Å²) in [5.74, 6) is 0.242. The molecule has 3 aliphatic rings. The van der Waals surface area contributed by atoms with Crippen LogP contribution in [0.3, 0.4) is 0 Å². The molecule has 2 bridgehead atoms. The number of hydrogen-bond acceptors (Lipinski definition) is 4. The van der Waals surface area contributed by atoms with Gasteiger partial charge >= 0.3 is 5.97 Å². The number of nitrogens with zero attached hydrogens (tertiary/aromatic N) is 1. The van der Waals surface area contributed by atoms with Gasteiger partial charge in [0.1, 0.15) is 5.75 Å². The minimum absolute atomic E-state index is 0.0981. The Balaban J connectivity index is 1.47. The molecule has 0 spiro atoms. The number of methoxy groups -OCH3 is 2. The topological polar surface area (TPSA) is 57.5 Å². The summed E-state index contributed by atoms with van der Waals surface area (Å²) < 4.78 is 12.0. The van der Waals surface area contributed by atoms with E-state index in [0.29, 0.717) is 27.6 Å². The average molecular weight is 460 g/mol. The van der Waals surface area contributed by atoms with Crippen LogP contribution in [0.25, 0.3) is 10.9 Å². The van der Waals surface area contributed by atoms with Crippen LogP contribution in [-0.4, -0.2) is 30.7 Å². The lowest BCUT2D eigenvalue weighted by Gasteiger charge is -2.76. The lowest BCUT2D eigenvalue weighted by molar-refractivity contribution is -0.208. The Labute approximate surface area is 201 Å². The first kappa shape index (κ1) is 22.7. The standard InChI is InChI=1S/C29H33NO4/c1-18-22(14-25(31)34-6)23-13-21(33-5)11-12-24(23)30(18)26(32)19-7-9-20(10-8-19)28-15-29(16-28,17-28)27(2,3)4/h7-13H,14-17H2,1-6H3. The molecule has 0 N–H and O–H groups in total. The third-order valence-corrected chi connectivity index (χ3v) is 8.66. The van der Waals surface area contributed by atoms with Gasteiger partial charge in [0.2, 0.25) is 0 Å². The van der Waals surface area contributed by atoms with Crippen LogP contribution in [0.1, 0.15) is 67.2 Å². The fourth-order valence-corrected chi connectivity index (χ4v) is 6.28. The van der Waals surface area contributed by atoms with Crippen molar-refractivity contribution in [3.8, 4) is 5.75 Å². The quantitative estimate of drug-likeness (QED) is 0.451. The van der Waals surface area contributed by atoms with E-state index in [-0.39, 0.29) is 18.3 Å². The second kappa shape index (κ2) is 7.46. The SMILES string of the molecule is COC(=O)Cc1c(C)n(C(=O)c2ccc(C34CC(C(C)(C)C)(C3)C4)cc2)c2ccc(OC)cc12. The molecule has 1 heterocycles. The van der Waals surface area contributed by atoms with Crippen molar-refractivity contribution < 1.29 is 19.1 Å². The molecule has 3 aliphatic carbocycles. The second-order valence-corrected chi connectivity index (χ2v) is 11.3. The van der Waals surface area contributed by atoms with Crippen molar-refractivity contribution in [2.24, 2.45) is 10.8 Å². The highest BCUT2D eigenvalue weighted by Gasteiger charge is 2.71. The summed E-state index contributed by atoms with van der Waals surface area (Å²) in [4.78, 5) is 25.7. The summed E-state index contributed by atoms with van der Waals surface area (Å²) in [5.41, 5.74) is 5.41. The van der Waals surface area contributed by atoms with Crippen LogP contribution in [0.5, 0.6) is 5.75 Å². The maximum absolute atomic E-state index is 13.7. The van der Waals surface area contributed by atoms with Crippen LogP contribution in [0.2, 0.25) is 0 Å². The molecule has 0 unspecified atom stereocenters. The van der Waals surface area contributed by atoms with Crippen molar-refractivity contribution >= 4 is 22.8 Å².